The summed E-state index contributed by atoms with van der Waals surface area (Å²) in [6.45, 7) is 0. The lowest BCUT2D eigenvalue weighted by atomic mass is 10.2. The molecule has 0 aliphatic carbocycles. The van der Waals surface area contributed by atoms with Crippen LogP contribution in [0.15, 0.2) is 54.2 Å². The number of hydrogen-bond donors (Lipinski definition) is 2. The summed E-state index contributed by atoms with van der Waals surface area (Å²) in [7, 11) is 0. The Labute approximate surface area is 134 Å². The van der Waals surface area contributed by atoms with E-state index in [0.29, 0.717) is 21.6 Å². The van der Waals surface area contributed by atoms with E-state index in [-0.39, 0.29) is 11.7 Å². The molecule has 114 valence electrons. The molecule has 1 aromatic carbocycles. The maximum absolute atomic E-state index is 13.7. The molecule has 23 heavy (non-hydrogen) atoms. The molecule has 4 rings (SSSR count). The predicted molar refractivity (Wildman–Crippen MR) is 88.1 cm³/mol. The number of carbonyl (C=O) groups excluding carboxylic acids is 1. The summed E-state index contributed by atoms with van der Waals surface area (Å²) in [5, 5.41) is 1.84. The van der Waals surface area contributed by atoms with E-state index >= 15 is 0 Å². The van der Waals surface area contributed by atoms with Gasteiger partial charge < -0.3 is 4.40 Å². The number of nitrogens with zero attached hydrogens (tertiary/aromatic N) is 2. The SMILES string of the molecule is O=C(NNc1cccc2c1ncc1c(F)ccn12)c1cccs1. The summed E-state index contributed by atoms with van der Waals surface area (Å²) in [6, 6.07) is 10.4. The van der Waals surface area contributed by atoms with Crippen molar-refractivity contribution >= 4 is 39.5 Å². The molecule has 0 aliphatic rings. The predicted octanol–water partition coefficient (Wildman–Crippen LogP) is 3.45. The van der Waals surface area contributed by atoms with E-state index in [4.69, 9.17) is 0 Å². The van der Waals surface area contributed by atoms with Gasteiger partial charge in [0.2, 0.25) is 0 Å². The molecule has 0 bridgehead atoms. The van der Waals surface area contributed by atoms with Gasteiger partial charge in [0.25, 0.3) is 5.91 Å². The van der Waals surface area contributed by atoms with E-state index in [1.807, 2.05) is 23.6 Å². The second-order valence-electron chi connectivity index (χ2n) is 4.91. The lowest BCUT2D eigenvalue weighted by Crippen LogP contribution is -2.28. The van der Waals surface area contributed by atoms with E-state index in [9.17, 15) is 9.18 Å². The Hall–Kier alpha value is -2.93. The molecular weight excluding hydrogens is 315 g/mol. The van der Waals surface area contributed by atoms with Crippen molar-refractivity contribution in [1.29, 1.82) is 0 Å². The third kappa shape index (κ3) is 2.31. The number of anilines is 1. The highest BCUT2D eigenvalue weighted by Crippen LogP contribution is 2.23. The van der Waals surface area contributed by atoms with Gasteiger partial charge in [-0.2, -0.15) is 0 Å². The lowest BCUT2D eigenvalue weighted by molar-refractivity contribution is 0.0966. The summed E-state index contributed by atoms with van der Waals surface area (Å²) < 4.78 is 15.4. The van der Waals surface area contributed by atoms with Gasteiger partial charge >= 0.3 is 0 Å². The Morgan fingerprint density at radius 2 is 2.09 bits per heavy atom. The summed E-state index contributed by atoms with van der Waals surface area (Å²) in [6.07, 6.45) is 3.13. The molecule has 0 saturated carbocycles. The van der Waals surface area contributed by atoms with Crippen LogP contribution in [0.25, 0.3) is 16.6 Å². The maximum atomic E-state index is 13.7. The number of hydrogen-bond acceptors (Lipinski definition) is 4. The fourth-order valence-electron chi connectivity index (χ4n) is 2.44. The van der Waals surface area contributed by atoms with Crippen molar-refractivity contribution in [2.75, 3.05) is 5.43 Å². The number of rotatable bonds is 3. The van der Waals surface area contributed by atoms with E-state index in [1.165, 1.54) is 23.6 Å². The minimum Gasteiger partial charge on any atom is -0.311 e. The molecule has 0 fully saturated rings. The normalized spacial score (nSPS) is 11.0. The first kappa shape index (κ1) is 13.7. The molecule has 1 amide bonds. The molecule has 0 radical (unpaired) electrons. The molecule has 3 heterocycles. The Balaban J connectivity index is 1.70. The molecule has 0 unspecified atom stereocenters. The van der Waals surface area contributed by atoms with Gasteiger partial charge in [-0.1, -0.05) is 12.1 Å². The van der Waals surface area contributed by atoms with E-state index in [0.717, 1.165) is 5.52 Å². The molecule has 0 saturated heterocycles. The van der Waals surface area contributed by atoms with Crippen LogP contribution in [0.4, 0.5) is 10.1 Å². The van der Waals surface area contributed by atoms with Crippen molar-refractivity contribution in [2.45, 2.75) is 0 Å². The number of fused-ring (bicyclic) bond motifs is 3. The van der Waals surface area contributed by atoms with Crippen LogP contribution in [0.5, 0.6) is 0 Å². The van der Waals surface area contributed by atoms with Crippen LogP contribution in [0, 0.1) is 5.82 Å². The van der Waals surface area contributed by atoms with Crippen molar-refractivity contribution < 1.29 is 9.18 Å². The van der Waals surface area contributed by atoms with Crippen molar-refractivity contribution in [2.24, 2.45) is 0 Å². The Morgan fingerprint density at radius 1 is 1.17 bits per heavy atom. The topological polar surface area (TPSA) is 58.4 Å². The van der Waals surface area contributed by atoms with E-state index in [2.05, 4.69) is 15.8 Å². The van der Waals surface area contributed by atoms with Crippen LogP contribution < -0.4 is 10.9 Å². The number of carbonyl (C=O) groups is 1. The summed E-state index contributed by atoms with van der Waals surface area (Å²) in [5.41, 5.74) is 7.98. The highest BCUT2D eigenvalue weighted by Gasteiger charge is 2.10. The largest absolute Gasteiger partial charge is 0.311 e. The second kappa shape index (κ2) is 5.36. The van der Waals surface area contributed by atoms with Crippen LogP contribution in [0.1, 0.15) is 9.67 Å². The number of halogens is 1. The third-order valence-electron chi connectivity index (χ3n) is 3.52. The number of thiophene rings is 1. The number of para-hydroxylation sites is 1. The number of aromatic nitrogens is 2. The Kier molecular flexibility index (Phi) is 3.20. The molecule has 0 aliphatic heterocycles. The zero-order valence-corrected chi connectivity index (χ0v) is 12.6. The van der Waals surface area contributed by atoms with Gasteiger partial charge in [0.05, 0.1) is 22.3 Å². The van der Waals surface area contributed by atoms with Crippen LogP contribution in [-0.4, -0.2) is 15.3 Å². The fraction of sp³-hybridized carbons (Fsp3) is 0. The molecule has 0 spiro atoms. The van der Waals surface area contributed by atoms with Gasteiger partial charge in [0.1, 0.15) is 16.9 Å². The first-order valence-corrected chi connectivity index (χ1v) is 7.76. The van der Waals surface area contributed by atoms with Crippen molar-refractivity contribution in [3.8, 4) is 0 Å². The van der Waals surface area contributed by atoms with Gasteiger partial charge in [-0.05, 0) is 29.6 Å². The van der Waals surface area contributed by atoms with Gasteiger partial charge in [-0.3, -0.25) is 20.6 Å². The third-order valence-corrected chi connectivity index (χ3v) is 4.39. The fourth-order valence-corrected chi connectivity index (χ4v) is 3.06. The molecule has 4 aromatic rings. The van der Waals surface area contributed by atoms with Crippen LogP contribution in [0.3, 0.4) is 0 Å². The second-order valence-corrected chi connectivity index (χ2v) is 5.85. The molecule has 0 atom stereocenters. The number of amides is 1. The maximum Gasteiger partial charge on any atom is 0.279 e. The first-order chi connectivity index (χ1) is 11.2. The lowest BCUT2D eigenvalue weighted by Gasteiger charge is -2.11. The van der Waals surface area contributed by atoms with Crippen molar-refractivity contribution in [1.82, 2.24) is 14.8 Å². The molecule has 5 nitrogen and oxygen atoms in total. The molecule has 2 N–H and O–H groups in total. The average molecular weight is 326 g/mol. The first-order valence-electron chi connectivity index (χ1n) is 6.88. The quantitative estimate of drug-likeness (QED) is 0.567. The summed E-state index contributed by atoms with van der Waals surface area (Å²) >= 11 is 1.36. The van der Waals surface area contributed by atoms with Crippen molar-refractivity contribution in [3.05, 3.63) is 64.9 Å². The average Bonchev–Trinajstić information content (AvgIpc) is 3.23. The molecular formula is C16H11FN4OS. The van der Waals surface area contributed by atoms with Gasteiger partial charge in [0.15, 0.2) is 0 Å². The van der Waals surface area contributed by atoms with Crippen LogP contribution in [-0.2, 0) is 0 Å². The summed E-state index contributed by atoms with van der Waals surface area (Å²) in [5.74, 6) is -0.533. The van der Waals surface area contributed by atoms with Gasteiger partial charge in [-0.25, -0.2) is 4.39 Å². The standard InChI is InChI=1S/C16H11FN4OS/c17-10-6-7-21-12-4-1-3-11(15(12)18-9-13(10)21)19-20-16(22)14-5-2-8-23-14/h1-9,19H,(H,20,22). The number of benzene rings is 1. The van der Waals surface area contributed by atoms with Gasteiger partial charge in [-0.15, -0.1) is 11.3 Å². The van der Waals surface area contributed by atoms with Crippen molar-refractivity contribution in [3.63, 3.8) is 0 Å². The minimum absolute atomic E-state index is 0.218. The zero-order valence-electron chi connectivity index (χ0n) is 11.8. The zero-order chi connectivity index (χ0) is 15.8. The summed E-state index contributed by atoms with van der Waals surface area (Å²) in [4.78, 5) is 16.9. The van der Waals surface area contributed by atoms with Gasteiger partial charge in [0, 0.05) is 6.20 Å². The molecule has 3 aromatic heterocycles. The highest BCUT2D eigenvalue weighted by atomic mass is 32.1. The minimum atomic E-state index is -0.316. The van der Waals surface area contributed by atoms with E-state index in [1.54, 1.807) is 22.7 Å². The number of hydrazine groups is 1. The highest BCUT2D eigenvalue weighted by molar-refractivity contribution is 7.12. The Morgan fingerprint density at radius 3 is 2.91 bits per heavy atom. The molecule has 7 heteroatoms. The van der Waals surface area contributed by atoms with E-state index < -0.39 is 0 Å². The number of nitrogens with one attached hydrogen (secondary N) is 2. The van der Waals surface area contributed by atoms with Crippen LogP contribution >= 0.6 is 11.3 Å². The smallest absolute Gasteiger partial charge is 0.279 e. The monoisotopic (exact) mass is 326 g/mol. The van der Waals surface area contributed by atoms with Crippen LogP contribution in [0.2, 0.25) is 0 Å². The Bertz CT molecular complexity index is 1010.